The number of hydrogen-bond donors (Lipinski definition) is 10. The average Bonchev–Trinajstić information content (AvgIpc) is 3.13. The smallest absolute Gasteiger partial charge is 0.335 e. The minimum atomic E-state index is -2.05. The molecule has 0 aromatic carbocycles. The van der Waals surface area contributed by atoms with Gasteiger partial charge >= 0.3 is 17.9 Å². The number of carbonyl (C=O) groups is 4. The van der Waals surface area contributed by atoms with Crippen LogP contribution in [0.25, 0.3) is 0 Å². The van der Waals surface area contributed by atoms with Gasteiger partial charge in [0.1, 0.15) is 36.6 Å². The van der Waals surface area contributed by atoms with Crippen LogP contribution in [0.5, 0.6) is 0 Å². The highest BCUT2D eigenvalue weighted by Gasteiger charge is 2.71. The highest BCUT2D eigenvalue weighted by Crippen LogP contribution is 2.75. The summed E-state index contributed by atoms with van der Waals surface area (Å²) in [6.45, 7) is 14.8. The first-order valence-electron chi connectivity index (χ1n) is 20.7. The van der Waals surface area contributed by atoms with Crippen LogP contribution in [0.15, 0.2) is 11.6 Å². The lowest BCUT2D eigenvalue weighted by Crippen LogP contribution is -2.68. The number of fused-ring (bicyclic) bond motifs is 7. The number of aliphatic hydroxyl groups is 5. The Balaban J connectivity index is 0.00000273. The number of allylic oxidation sites excluding steroid dienone is 2. The molecular formula is C42H74N2O19. The zero-order chi connectivity index (χ0) is 42.9. The van der Waals surface area contributed by atoms with Gasteiger partial charge in [0.05, 0.1) is 11.5 Å². The lowest BCUT2D eigenvalue weighted by Gasteiger charge is -2.70. The lowest BCUT2D eigenvalue weighted by molar-refractivity contribution is -0.371. The van der Waals surface area contributed by atoms with E-state index >= 15 is 0 Å². The Bertz CT molecular complexity index is 1750. The summed E-state index contributed by atoms with van der Waals surface area (Å²) >= 11 is 0. The number of hydrogen-bond acceptors (Lipinski definition) is 15. The van der Waals surface area contributed by atoms with Crippen LogP contribution < -0.4 is 12.3 Å². The van der Waals surface area contributed by atoms with E-state index in [-0.39, 0.29) is 63.1 Å². The zero-order valence-electron chi connectivity index (χ0n) is 37.3. The molecule has 0 unspecified atom stereocenters. The van der Waals surface area contributed by atoms with Gasteiger partial charge in [-0.2, -0.15) is 0 Å². The molecule has 5 aliphatic carbocycles. The minimum absolute atomic E-state index is 0. The van der Waals surface area contributed by atoms with E-state index < -0.39 is 107 Å². The van der Waals surface area contributed by atoms with Gasteiger partial charge in [0, 0.05) is 5.92 Å². The SMILES string of the molecule is CC1(C)[C@@H](O[C@H]2O[C@H](C(=O)O)[C@@H](O)[C@H](O)[C@H]2O[C@H]2O[C@H](C(=O)O)[C@@H](O)[C@H](O)[C@H]2O)CC[C@]2(C)[C@H]3C(=O)C=C4[C@@H]5C[C@@](C)(C(=O)O)CC[C@]5(C)CC[C@@]4(C)[C@]3(C)CC[C@@H]12.N.N.O.O.O. The van der Waals surface area contributed by atoms with Gasteiger partial charge in [-0.3, -0.25) is 9.59 Å². The van der Waals surface area contributed by atoms with Gasteiger partial charge in [0.2, 0.25) is 0 Å². The molecule has 20 N–H and O–H groups in total. The fourth-order valence-electron chi connectivity index (χ4n) is 13.4. The van der Waals surface area contributed by atoms with Crippen molar-refractivity contribution in [3.05, 3.63) is 11.6 Å². The van der Waals surface area contributed by atoms with Crippen molar-refractivity contribution in [3.63, 3.8) is 0 Å². The first-order chi connectivity index (χ1) is 26.8. The van der Waals surface area contributed by atoms with Crippen LogP contribution in [-0.2, 0) is 38.1 Å². The second-order valence-electron chi connectivity index (χ2n) is 20.6. The molecule has 6 fully saturated rings. The zero-order valence-corrected chi connectivity index (χ0v) is 37.3. The van der Waals surface area contributed by atoms with Crippen LogP contribution in [0, 0.1) is 50.2 Å². The van der Waals surface area contributed by atoms with E-state index in [1.165, 1.54) is 0 Å². The van der Waals surface area contributed by atoms with E-state index in [4.69, 9.17) is 18.9 Å². The third kappa shape index (κ3) is 8.27. The van der Waals surface area contributed by atoms with Crippen LogP contribution in [0.1, 0.15) is 106 Å². The van der Waals surface area contributed by atoms with Crippen LogP contribution >= 0.6 is 0 Å². The Kier molecular flexibility index (Phi) is 16.6. The van der Waals surface area contributed by atoms with Gasteiger partial charge in [-0.25, -0.2) is 9.59 Å². The van der Waals surface area contributed by atoms with Crippen LogP contribution in [0.3, 0.4) is 0 Å². The molecule has 0 aromatic heterocycles. The molecule has 7 rings (SSSR count). The van der Waals surface area contributed by atoms with Crippen molar-refractivity contribution in [3.8, 4) is 0 Å². The predicted molar refractivity (Wildman–Crippen MR) is 220 cm³/mol. The third-order valence-electron chi connectivity index (χ3n) is 17.2. The van der Waals surface area contributed by atoms with E-state index in [1.54, 1.807) is 0 Å². The number of carboxylic acid groups (broad SMARTS) is 3. The van der Waals surface area contributed by atoms with Crippen molar-refractivity contribution >= 4 is 23.7 Å². The predicted octanol–water partition coefficient (Wildman–Crippen LogP) is 0.0955. The van der Waals surface area contributed by atoms with Crippen molar-refractivity contribution in [2.75, 3.05) is 0 Å². The molecule has 366 valence electrons. The summed E-state index contributed by atoms with van der Waals surface area (Å²) in [6.07, 6.45) is -12.2. The summed E-state index contributed by atoms with van der Waals surface area (Å²) < 4.78 is 23.4. The van der Waals surface area contributed by atoms with E-state index in [1.807, 2.05) is 26.8 Å². The van der Waals surface area contributed by atoms with Crippen molar-refractivity contribution in [1.82, 2.24) is 12.3 Å². The Labute approximate surface area is 366 Å². The Morgan fingerprint density at radius 3 is 1.76 bits per heavy atom. The molecule has 2 aliphatic heterocycles. The Morgan fingerprint density at radius 2 is 1.21 bits per heavy atom. The van der Waals surface area contributed by atoms with E-state index in [0.29, 0.717) is 25.7 Å². The van der Waals surface area contributed by atoms with Gasteiger partial charge in [-0.1, -0.05) is 47.1 Å². The lowest BCUT2D eigenvalue weighted by atomic mass is 9.33. The fraction of sp³-hybridized carbons (Fsp3) is 0.857. The molecule has 2 heterocycles. The van der Waals surface area contributed by atoms with Crippen molar-refractivity contribution in [2.45, 2.75) is 174 Å². The number of carbonyl (C=O) groups excluding carboxylic acids is 1. The summed E-state index contributed by atoms with van der Waals surface area (Å²) in [6, 6.07) is 0. The number of ketones is 1. The summed E-state index contributed by atoms with van der Waals surface area (Å²) in [7, 11) is 0. The van der Waals surface area contributed by atoms with Gasteiger partial charge < -0.3 is 88.5 Å². The molecule has 2 saturated heterocycles. The van der Waals surface area contributed by atoms with Gasteiger partial charge in [0.25, 0.3) is 0 Å². The molecule has 4 saturated carbocycles. The number of rotatable bonds is 7. The maximum atomic E-state index is 14.8. The molecule has 0 aromatic rings. The van der Waals surface area contributed by atoms with Crippen molar-refractivity contribution < 1.29 is 95.4 Å². The molecule has 0 bridgehead atoms. The highest BCUT2D eigenvalue weighted by atomic mass is 16.8. The van der Waals surface area contributed by atoms with E-state index in [9.17, 15) is 60.0 Å². The Morgan fingerprint density at radius 1 is 0.667 bits per heavy atom. The first-order valence-corrected chi connectivity index (χ1v) is 20.7. The highest BCUT2D eigenvalue weighted by molar-refractivity contribution is 5.95. The van der Waals surface area contributed by atoms with E-state index in [0.717, 1.165) is 37.7 Å². The Hall–Kier alpha value is -2.74. The summed E-state index contributed by atoms with van der Waals surface area (Å²) in [4.78, 5) is 51.3. The topological polar surface area (TPSA) is 432 Å². The quantitative estimate of drug-likeness (QED) is 0.151. The van der Waals surface area contributed by atoms with Crippen LogP contribution in [-0.4, -0.2) is 148 Å². The number of carboxylic acids is 3. The molecule has 0 amide bonds. The maximum absolute atomic E-state index is 14.8. The molecule has 63 heavy (non-hydrogen) atoms. The standard InChI is InChI=1S/C42H62O16.2H3N.3H2O/c1-37(2)21-8-11-42(7)31(20(43)16-18-19-17-39(4,36(53)54)13-12-38(19,3)14-15-41(18,42)6)40(21,5)10-9-22(37)55-35-30(26(47)25(46)29(57-35)33(51)52)58-34-27(48)23(44)24(45)28(56-34)32(49)50;;;;;/h16,19,21-31,34-35,44-48H,8-15,17H2,1-7H3,(H,49,50)(H,51,52)(H,53,54);2*1H3;3*1H2/t19-,21-,22-,23-,24-,25-,26-,27+,28-,29-,30+,31+,34+,35-,38+,39-,40-,41+,42+;;;;;/m0...../s1. The van der Waals surface area contributed by atoms with Gasteiger partial charge in [-0.05, 0) is 110 Å². The second-order valence-corrected chi connectivity index (χ2v) is 20.6. The summed E-state index contributed by atoms with van der Waals surface area (Å²) in [5.41, 5.74) is -1.81. The van der Waals surface area contributed by atoms with Crippen molar-refractivity contribution in [2.24, 2.45) is 50.2 Å². The van der Waals surface area contributed by atoms with E-state index in [2.05, 4.69) is 27.7 Å². The fourth-order valence-corrected chi connectivity index (χ4v) is 13.4. The second kappa shape index (κ2) is 18.5. The third-order valence-corrected chi connectivity index (χ3v) is 17.2. The first kappa shape index (κ1) is 56.4. The molecule has 19 atom stereocenters. The summed E-state index contributed by atoms with van der Waals surface area (Å²) in [5.74, 6) is -4.47. The number of aliphatic hydroxyl groups excluding tert-OH is 5. The molecular weight excluding hydrogens is 836 g/mol. The molecule has 0 spiro atoms. The molecule has 7 aliphatic rings. The van der Waals surface area contributed by atoms with Gasteiger partial charge in [-0.15, -0.1) is 0 Å². The maximum Gasteiger partial charge on any atom is 0.335 e. The molecule has 0 radical (unpaired) electrons. The average molecular weight is 911 g/mol. The van der Waals surface area contributed by atoms with Crippen LogP contribution in [0.2, 0.25) is 0 Å². The number of ether oxygens (including phenoxy) is 4. The van der Waals surface area contributed by atoms with Crippen molar-refractivity contribution in [1.29, 1.82) is 0 Å². The van der Waals surface area contributed by atoms with Crippen LogP contribution in [0.4, 0.5) is 0 Å². The monoisotopic (exact) mass is 910 g/mol. The number of aliphatic carboxylic acids is 3. The molecule has 21 nitrogen and oxygen atoms in total. The molecule has 21 heteroatoms. The normalized spacial score (nSPS) is 48.4. The van der Waals surface area contributed by atoms with Gasteiger partial charge in [0.15, 0.2) is 30.6 Å². The largest absolute Gasteiger partial charge is 0.481 e. The summed E-state index contributed by atoms with van der Waals surface area (Å²) in [5, 5.41) is 83.0. The minimum Gasteiger partial charge on any atom is -0.481 e.